The number of hydrogen-bond donors (Lipinski definition) is 0. The van der Waals surface area contributed by atoms with Crippen LogP contribution in [0.25, 0.3) is 0 Å². The lowest BCUT2D eigenvalue weighted by atomic mass is 10.3. The van der Waals surface area contributed by atoms with Crippen LogP contribution in [0.15, 0.2) is 11.0 Å². The molecule has 10 heavy (non-hydrogen) atoms. The highest BCUT2D eigenvalue weighted by atomic mass is 35.5. The molecule has 0 aliphatic rings. The number of halogens is 1. The van der Waals surface area contributed by atoms with Crippen LogP contribution in [0.4, 0.5) is 0 Å². The summed E-state index contributed by atoms with van der Waals surface area (Å²) in [6.45, 7) is 1.67. The molecule has 0 atom stereocenters. The van der Waals surface area contributed by atoms with E-state index in [0.717, 1.165) is 0 Å². The van der Waals surface area contributed by atoms with Gasteiger partial charge in [0.25, 0.3) is 5.56 Å². The van der Waals surface area contributed by atoms with E-state index in [9.17, 15) is 4.79 Å². The Morgan fingerprint density at radius 2 is 2.30 bits per heavy atom. The van der Waals surface area contributed by atoms with Gasteiger partial charge in [-0.2, -0.15) is 5.10 Å². The van der Waals surface area contributed by atoms with Crippen molar-refractivity contribution in [2.24, 2.45) is 7.05 Å². The van der Waals surface area contributed by atoms with Crippen molar-refractivity contribution in [2.75, 3.05) is 0 Å². The molecule has 0 saturated heterocycles. The first-order chi connectivity index (χ1) is 4.63. The number of rotatable bonds is 0. The van der Waals surface area contributed by atoms with Gasteiger partial charge in [0.05, 0.1) is 11.2 Å². The van der Waals surface area contributed by atoms with Crippen molar-refractivity contribution < 1.29 is 0 Å². The fourth-order valence-electron chi connectivity index (χ4n) is 0.631. The molecule has 0 saturated carbocycles. The third-order valence-corrected chi connectivity index (χ3v) is 1.70. The van der Waals surface area contributed by atoms with Crippen molar-refractivity contribution in [3.05, 3.63) is 27.1 Å². The van der Waals surface area contributed by atoms with Gasteiger partial charge in [-0.05, 0) is 6.92 Å². The van der Waals surface area contributed by atoms with E-state index < -0.39 is 0 Å². The first-order valence-corrected chi connectivity index (χ1v) is 3.19. The molecule has 54 valence electrons. The molecule has 0 amide bonds. The average Bonchev–Trinajstić information content (AvgIpc) is 1.93. The highest BCUT2D eigenvalue weighted by molar-refractivity contribution is 6.31. The molecule has 0 spiro atoms. The zero-order valence-electron chi connectivity index (χ0n) is 5.76. The number of hydrogen-bond acceptors (Lipinski definition) is 2. The van der Waals surface area contributed by atoms with Gasteiger partial charge in [-0.15, -0.1) is 0 Å². The molecule has 3 nitrogen and oxygen atoms in total. The highest BCUT2D eigenvalue weighted by Gasteiger charge is 2.00. The highest BCUT2D eigenvalue weighted by Crippen LogP contribution is 2.06. The number of aryl methyl sites for hydroxylation is 1. The van der Waals surface area contributed by atoms with Crippen LogP contribution in [0.5, 0.6) is 0 Å². The van der Waals surface area contributed by atoms with Crippen LogP contribution in [0.2, 0.25) is 5.02 Å². The van der Waals surface area contributed by atoms with E-state index in [2.05, 4.69) is 5.10 Å². The summed E-state index contributed by atoms with van der Waals surface area (Å²) in [6.07, 6.45) is 1.46. The van der Waals surface area contributed by atoms with Crippen LogP contribution in [0.3, 0.4) is 0 Å². The summed E-state index contributed by atoms with van der Waals surface area (Å²) in [4.78, 5) is 11.0. The Labute approximate surface area is 63.2 Å². The SMILES string of the molecule is Cc1c(Cl)cnn(C)c1=O. The Kier molecular flexibility index (Phi) is 1.76. The summed E-state index contributed by atoms with van der Waals surface area (Å²) < 4.78 is 1.25. The third kappa shape index (κ3) is 1.04. The van der Waals surface area contributed by atoms with Gasteiger partial charge >= 0.3 is 0 Å². The Morgan fingerprint density at radius 3 is 2.80 bits per heavy atom. The second-order valence-electron chi connectivity index (χ2n) is 2.05. The van der Waals surface area contributed by atoms with Gasteiger partial charge in [-0.3, -0.25) is 4.79 Å². The van der Waals surface area contributed by atoms with E-state index in [1.165, 1.54) is 10.9 Å². The molecule has 4 heteroatoms. The normalized spacial score (nSPS) is 9.90. The zero-order valence-corrected chi connectivity index (χ0v) is 6.51. The molecule has 0 aliphatic carbocycles. The Hall–Kier alpha value is -0.830. The Morgan fingerprint density at radius 1 is 1.70 bits per heavy atom. The molecule has 1 aromatic heterocycles. The summed E-state index contributed by atoms with van der Waals surface area (Å²) in [5.74, 6) is 0. The molecule has 1 aromatic rings. The van der Waals surface area contributed by atoms with Gasteiger partial charge in [-0.25, -0.2) is 4.68 Å². The lowest BCUT2D eigenvalue weighted by Gasteiger charge is -1.97. The molecule has 0 radical (unpaired) electrons. The molecule has 0 bridgehead atoms. The van der Waals surface area contributed by atoms with Gasteiger partial charge in [0.15, 0.2) is 0 Å². The monoisotopic (exact) mass is 158 g/mol. The average molecular weight is 159 g/mol. The third-order valence-electron chi connectivity index (χ3n) is 1.32. The standard InChI is InChI=1S/C6H7ClN2O/c1-4-5(7)3-8-9(2)6(4)10/h3H,1-2H3. The van der Waals surface area contributed by atoms with Crippen LogP contribution in [0, 0.1) is 6.92 Å². The maximum Gasteiger partial charge on any atom is 0.270 e. The summed E-state index contributed by atoms with van der Waals surface area (Å²) >= 11 is 5.61. The van der Waals surface area contributed by atoms with Gasteiger partial charge < -0.3 is 0 Å². The van der Waals surface area contributed by atoms with E-state index in [0.29, 0.717) is 10.6 Å². The molecule has 0 aliphatic heterocycles. The maximum absolute atomic E-state index is 11.0. The molecule has 0 fully saturated rings. The van der Waals surface area contributed by atoms with E-state index in [1.807, 2.05) is 0 Å². The molecule has 1 heterocycles. The fourth-order valence-corrected chi connectivity index (χ4v) is 0.756. The van der Waals surface area contributed by atoms with Crippen LogP contribution < -0.4 is 5.56 Å². The number of aromatic nitrogens is 2. The molecular formula is C6H7ClN2O. The van der Waals surface area contributed by atoms with Crippen molar-refractivity contribution in [2.45, 2.75) is 6.92 Å². The van der Waals surface area contributed by atoms with Gasteiger partial charge in [0.1, 0.15) is 0 Å². The van der Waals surface area contributed by atoms with Gasteiger partial charge in [-0.1, -0.05) is 11.6 Å². The van der Waals surface area contributed by atoms with Crippen molar-refractivity contribution in [1.29, 1.82) is 0 Å². The summed E-state index contributed by atoms with van der Waals surface area (Å²) in [7, 11) is 1.59. The quantitative estimate of drug-likeness (QED) is 0.558. The molecule has 0 unspecified atom stereocenters. The van der Waals surface area contributed by atoms with Crippen molar-refractivity contribution in [3.63, 3.8) is 0 Å². The van der Waals surface area contributed by atoms with Crippen molar-refractivity contribution in [1.82, 2.24) is 9.78 Å². The predicted octanol–water partition coefficient (Wildman–Crippen LogP) is 0.742. The zero-order chi connectivity index (χ0) is 7.72. The lowest BCUT2D eigenvalue weighted by Crippen LogP contribution is -2.21. The topological polar surface area (TPSA) is 34.9 Å². The lowest BCUT2D eigenvalue weighted by molar-refractivity contribution is 0.700. The fraction of sp³-hybridized carbons (Fsp3) is 0.333. The van der Waals surface area contributed by atoms with E-state index in [-0.39, 0.29) is 5.56 Å². The molecule has 1 rings (SSSR count). The molecular weight excluding hydrogens is 152 g/mol. The molecule has 0 aromatic carbocycles. The van der Waals surface area contributed by atoms with Gasteiger partial charge in [0.2, 0.25) is 0 Å². The largest absolute Gasteiger partial charge is 0.270 e. The second kappa shape index (κ2) is 2.42. The minimum absolute atomic E-state index is 0.146. The first-order valence-electron chi connectivity index (χ1n) is 2.81. The molecule has 0 N–H and O–H groups in total. The summed E-state index contributed by atoms with van der Waals surface area (Å²) in [6, 6.07) is 0. The maximum atomic E-state index is 11.0. The Bertz CT molecular complexity index is 305. The van der Waals surface area contributed by atoms with Gasteiger partial charge in [0, 0.05) is 12.6 Å². The van der Waals surface area contributed by atoms with E-state index in [1.54, 1.807) is 14.0 Å². The minimum atomic E-state index is -0.146. The van der Waals surface area contributed by atoms with Crippen molar-refractivity contribution in [3.8, 4) is 0 Å². The van der Waals surface area contributed by atoms with Crippen LogP contribution in [-0.2, 0) is 7.05 Å². The summed E-state index contributed by atoms with van der Waals surface area (Å²) in [5.41, 5.74) is 0.395. The summed E-state index contributed by atoms with van der Waals surface area (Å²) in [5, 5.41) is 4.13. The first kappa shape index (κ1) is 7.28. The van der Waals surface area contributed by atoms with Crippen molar-refractivity contribution >= 4 is 11.6 Å². The smallest absolute Gasteiger partial charge is 0.267 e. The Balaban J connectivity index is 3.50. The van der Waals surface area contributed by atoms with Crippen LogP contribution in [0.1, 0.15) is 5.56 Å². The number of nitrogens with zero attached hydrogens (tertiary/aromatic N) is 2. The van der Waals surface area contributed by atoms with Crippen LogP contribution in [-0.4, -0.2) is 9.78 Å². The second-order valence-corrected chi connectivity index (χ2v) is 2.45. The van der Waals surface area contributed by atoms with Crippen LogP contribution >= 0.6 is 11.6 Å². The van der Waals surface area contributed by atoms with E-state index in [4.69, 9.17) is 11.6 Å². The van der Waals surface area contributed by atoms with E-state index >= 15 is 0 Å². The minimum Gasteiger partial charge on any atom is -0.267 e. The predicted molar refractivity (Wildman–Crippen MR) is 39.2 cm³/mol.